The average molecular weight is 468 g/mol. The van der Waals surface area contributed by atoms with Gasteiger partial charge in [-0.05, 0) is 36.8 Å². The first-order valence-electron chi connectivity index (χ1n) is 10.6. The summed E-state index contributed by atoms with van der Waals surface area (Å²) in [7, 11) is 0. The summed E-state index contributed by atoms with van der Waals surface area (Å²) >= 11 is 0.725. The number of benzene rings is 1. The van der Waals surface area contributed by atoms with Crippen LogP contribution >= 0.6 is 11.3 Å². The number of thiazole rings is 1. The van der Waals surface area contributed by atoms with Gasteiger partial charge >= 0.3 is 6.18 Å². The van der Waals surface area contributed by atoms with Crippen LogP contribution in [-0.4, -0.2) is 16.6 Å². The molecule has 3 rings (SSSR count). The van der Waals surface area contributed by atoms with Crippen LogP contribution < -0.4 is 10.1 Å². The van der Waals surface area contributed by atoms with Gasteiger partial charge in [0.05, 0.1) is 12.2 Å². The minimum atomic E-state index is -4.58. The third kappa shape index (κ3) is 6.66. The van der Waals surface area contributed by atoms with Crippen molar-refractivity contribution in [3.8, 4) is 17.0 Å². The lowest BCUT2D eigenvalue weighted by atomic mass is 10.1. The lowest BCUT2D eigenvalue weighted by Gasteiger charge is -2.15. The van der Waals surface area contributed by atoms with E-state index < -0.39 is 16.9 Å². The lowest BCUT2D eigenvalue weighted by Crippen LogP contribution is -2.10. The Morgan fingerprint density at radius 3 is 2.44 bits per heavy atom. The number of hydrogen-bond acceptors (Lipinski definition) is 5. The van der Waals surface area contributed by atoms with Crippen molar-refractivity contribution in [3.05, 3.63) is 53.4 Å². The molecule has 2 heterocycles. The second-order valence-corrected chi connectivity index (χ2v) is 8.28. The Balaban J connectivity index is 1.68. The number of unbranched alkanes of at least 4 members (excludes halogenated alkanes) is 5. The van der Waals surface area contributed by atoms with Crippen molar-refractivity contribution >= 4 is 22.2 Å². The van der Waals surface area contributed by atoms with Crippen LogP contribution in [0.3, 0.4) is 0 Å². The van der Waals surface area contributed by atoms with Crippen LogP contribution in [0, 0.1) is 5.13 Å². The normalized spacial score (nSPS) is 11.5. The quantitative estimate of drug-likeness (QED) is 0.230. The predicted octanol–water partition coefficient (Wildman–Crippen LogP) is 7.85. The maximum absolute atomic E-state index is 14.3. The Morgan fingerprint density at radius 2 is 1.72 bits per heavy atom. The topological polar surface area (TPSA) is 47.0 Å². The van der Waals surface area contributed by atoms with Crippen LogP contribution in [0.4, 0.5) is 28.4 Å². The van der Waals surface area contributed by atoms with Crippen LogP contribution in [0.25, 0.3) is 11.3 Å². The summed E-state index contributed by atoms with van der Waals surface area (Å²) in [5.74, 6) is -0.209. The standard InChI is InChI=1S/C23H25F4N3OS/c1-2-3-4-5-6-7-14-31-19-9-8-17(15-18(19)23(25,26)27)29-22-30-20(21(24)32-22)16-10-12-28-13-11-16/h8-13,15H,2-7,14H2,1H3,(H,29,30). The van der Waals surface area contributed by atoms with E-state index in [1.165, 1.54) is 30.9 Å². The van der Waals surface area contributed by atoms with E-state index in [2.05, 4.69) is 22.2 Å². The third-order valence-corrected chi connectivity index (χ3v) is 5.59. The van der Waals surface area contributed by atoms with Gasteiger partial charge in [-0.2, -0.15) is 17.6 Å². The number of nitrogens with one attached hydrogen (secondary N) is 1. The Bertz CT molecular complexity index is 993. The van der Waals surface area contributed by atoms with E-state index in [1.807, 2.05) is 0 Å². The number of nitrogens with zero attached hydrogens (tertiary/aromatic N) is 2. The molecule has 0 atom stereocenters. The molecule has 0 spiro atoms. The first-order valence-corrected chi connectivity index (χ1v) is 11.4. The van der Waals surface area contributed by atoms with Gasteiger partial charge in [0.15, 0.2) is 5.13 Å². The van der Waals surface area contributed by atoms with Crippen molar-refractivity contribution in [3.63, 3.8) is 0 Å². The van der Waals surface area contributed by atoms with E-state index in [9.17, 15) is 17.6 Å². The summed E-state index contributed by atoms with van der Waals surface area (Å²) in [6.45, 7) is 2.36. The van der Waals surface area contributed by atoms with E-state index in [1.54, 1.807) is 12.1 Å². The van der Waals surface area contributed by atoms with Gasteiger partial charge in [-0.1, -0.05) is 50.4 Å². The van der Waals surface area contributed by atoms with E-state index in [0.29, 0.717) is 12.0 Å². The van der Waals surface area contributed by atoms with Crippen molar-refractivity contribution in [2.24, 2.45) is 0 Å². The fourth-order valence-electron chi connectivity index (χ4n) is 3.19. The molecule has 0 radical (unpaired) electrons. The van der Waals surface area contributed by atoms with E-state index in [0.717, 1.165) is 43.1 Å². The number of pyridine rings is 1. The van der Waals surface area contributed by atoms with Crippen molar-refractivity contribution in [2.75, 3.05) is 11.9 Å². The number of halogens is 4. The summed E-state index contributed by atoms with van der Waals surface area (Å²) < 4.78 is 60.5. The van der Waals surface area contributed by atoms with E-state index in [-0.39, 0.29) is 28.9 Å². The van der Waals surface area contributed by atoms with Gasteiger partial charge in [0.2, 0.25) is 5.13 Å². The molecule has 0 saturated heterocycles. The van der Waals surface area contributed by atoms with Crippen LogP contribution in [0.5, 0.6) is 5.75 Å². The highest BCUT2D eigenvalue weighted by molar-refractivity contribution is 7.14. The fourth-order valence-corrected chi connectivity index (χ4v) is 3.92. The van der Waals surface area contributed by atoms with Crippen molar-refractivity contribution in [1.29, 1.82) is 0 Å². The number of hydrogen-bond donors (Lipinski definition) is 1. The SMILES string of the molecule is CCCCCCCCOc1ccc(Nc2nc(-c3ccncc3)c(F)s2)cc1C(F)(F)F. The smallest absolute Gasteiger partial charge is 0.420 e. The van der Waals surface area contributed by atoms with Crippen LogP contribution in [0.2, 0.25) is 0 Å². The Kier molecular flexibility index (Phi) is 8.44. The molecule has 0 aliphatic carbocycles. The second-order valence-electron chi connectivity index (χ2n) is 7.33. The van der Waals surface area contributed by atoms with Gasteiger partial charge in [-0.15, -0.1) is 0 Å². The van der Waals surface area contributed by atoms with Crippen molar-refractivity contribution in [2.45, 2.75) is 51.6 Å². The first-order chi connectivity index (χ1) is 15.4. The number of rotatable bonds is 11. The molecule has 4 nitrogen and oxygen atoms in total. The Morgan fingerprint density at radius 1 is 1.00 bits per heavy atom. The van der Waals surface area contributed by atoms with Crippen LogP contribution in [-0.2, 0) is 6.18 Å². The fraction of sp³-hybridized carbons (Fsp3) is 0.391. The molecular weight excluding hydrogens is 442 g/mol. The molecule has 0 saturated carbocycles. The molecule has 3 aromatic rings. The molecule has 32 heavy (non-hydrogen) atoms. The van der Waals surface area contributed by atoms with E-state index >= 15 is 0 Å². The molecule has 1 N–H and O–H groups in total. The Labute approximate surface area is 188 Å². The zero-order chi connectivity index (χ0) is 23.0. The summed E-state index contributed by atoms with van der Waals surface area (Å²) in [6.07, 6.45) is 4.58. The number of alkyl halides is 3. The largest absolute Gasteiger partial charge is 0.493 e. The number of aromatic nitrogens is 2. The molecule has 1 aromatic carbocycles. The van der Waals surface area contributed by atoms with Crippen molar-refractivity contribution in [1.82, 2.24) is 9.97 Å². The highest BCUT2D eigenvalue weighted by Crippen LogP contribution is 2.39. The predicted molar refractivity (Wildman–Crippen MR) is 119 cm³/mol. The van der Waals surface area contributed by atoms with Crippen LogP contribution in [0.1, 0.15) is 51.0 Å². The highest BCUT2D eigenvalue weighted by Gasteiger charge is 2.35. The molecule has 0 unspecified atom stereocenters. The minimum absolute atomic E-state index is 0.120. The van der Waals surface area contributed by atoms with Gasteiger partial charge in [-0.3, -0.25) is 4.98 Å². The average Bonchev–Trinajstić information content (AvgIpc) is 3.13. The van der Waals surface area contributed by atoms with Crippen molar-refractivity contribution < 1.29 is 22.3 Å². The van der Waals surface area contributed by atoms with Crippen LogP contribution in [0.15, 0.2) is 42.7 Å². The molecule has 9 heteroatoms. The molecule has 0 bridgehead atoms. The summed E-state index contributed by atoms with van der Waals surface area (Å²) in [6, 6.07) is 6.94. The number of ether oxygens (including phenoxy) is 1. The van der Waals surface area contributed by atoms with Gasteiger partial charge in [0.1, 0.15) is 11.4 Å². The van der Waals surface area contributed by atoms with Gasteiger partial charge in [-0.25, -0.2) is 4.98 Å². The van der Waals surface area contributed by atoms with Gasteiger partial charge in [0, 0.05) is 23.6 Å². The second kappa shape index (κ2) is 11.3. The summed E-state index contributed by atoms with van der Waals surface area (Å²) in [5.41, 5.74) is -0.0646. The zero-order valence-corrected chi connectivity index (χ0v) is 18.5. The molecule has 0 aliphatic heterocycles. The lowest BCUT2D eigenvalue weighted by molar-refractivity contribution is -0.138. The highest BCUT2D eigenvalue weighted by atomic mass is 32.1. The Hall–Kier alpha value is -2.68. The molecule has 0 amide bonds. The first kappa shape index (κ1) is 24.0. The maximum Gasteiger partial charge on any atom is 0.420 e. The molecule has 0 fully saturated rings. The van der Waals surface area contributed by atoms with Gasteiger partial charge < -0.3 is 10.1 Å². The number of anilines is 2. The zero-order valence-electron chi connectivity index (χ0n) is 17.7. The van der Waals surface area contributed by atoms with Gasteiger partial charge in [0.25, 0.3) is 0 Å². The monoisotopic (exact) mass is 467 g/mol. The molecule has 172 valence electrons. The maximum atomic E-state index is 14.3. The third-order valence-electron chi connectivity index (χ3n) is 4.83. The molecular formula is C23H25F4N3OS. The molecule has 2 aromatic heterocycles. The minimum Gasteiger partial charge on any atom is -0.493 e. The van der Waals surface area contributed by atoms with E-state index in [4.69, 9.17) is 4.74 Å². The summed E-state index contributed by atoms with van der Waals surface area (Å²) in [5, 5.41) is 2.39. The molecule has 0 aliphatic rings. The summed E-state index contributed by atoms with van der Waals surface area (Å²) in [4.78, 5) is 8.05.